The number of hydrogen-bond donors (Lipinski definition) is 3. The summed E-state index contributed by atoms with van der Waals surface area (Å²) in [6.07, 6.45) is 3.66. The Morgan fingerprint density at radius 3 is 2.67 bits per heavy atom. The Hall–Kier alpha value is -1.92. The number of pyridine rings is 1. The molecule has 0 bridgehead atoms. The number of ether oxygens (including phenoxy) is 1. The topological polar surface area (TPSA) is 105 Å². The van der Waals surface area contributed by atoms with E-state index < -0.39 is 10.0 Å². The summed E-state index contributed by atoms with van der Waals surface area (Å²) in [6, 6.07) is 9.25. The maximum absolute atomic E-state index is 12.2. The average Bonchev–Trinajstić information content (AvgIpc) is 2.73. The van der Waals surface area contributed by atoms with Crippen molar-refractivity contribution in [2.24, 2.45) is 4.99 Å². The molecule has 0 fully saturated rings. The second-order valence-electron chi connectivity index (χ2n) is 6.33. The van der Waals surface area contributed by atoms with Crippen LogP contribution in [0.4, 0.5) is 0 Å². The quantitative estimate of drug-likeness (QED) is 0.182. The molecule has 0 aliphatic carbocycles. The van der Waals surface area contributed by atoms with Crippen molar-refractivity contribution >= 4 is 40.0 Å². The molecular formula is C20H30IN5O3S. The van der Waals surface area contributed by atoms with E-state index in [2.05, 4.69) is 31.4 Å². The molecule has 0 saturated carbocycles. The van der Waals surface area contributed by atoms with Crippen molar-refractivity contribution in [1.29, 1.82) is 0 Å². The molecule has 0 radical (unpaired) electrons. The molecule has 8 nitrogen and oxygen atoms in total. The number of nitrogens with one attached hydrogen (secondary N) is 3. The number of methoxy groups -OCH3 is 1. The van der Waals surface area contributed by atoms with Crippen LogP contribution in [0.2, 0.25) is 0 Å². The molecule has 0 aliphatic heterocycles. The molecule has 3 N–H and O–H groups in total. The average molecular weight is 547 g/mol. The van der Waals surface area contributed by atoms with Crippen molar-refractivity contribution in [1.82, 2.24) is 20.3 Å². The predicted octanol–water partition coefficient (Wildman–Crippen LogP) is 2.09. The number of halogens is 1. The van der Waals surface area contributed by atoms with Crippen LogP contribution >= 0.6 is 24.0 Å². The molecule has 0 spiro atoms. The molecule has 0 amide bonds. The van der Waals surface area contributed by atoms with Gasteiger partial charge in [0, 0.05) is 32.0 Å². The predicted molar refractivity (Wildman–Crippen MR) is 130 cm³/mol. The molecule has 2 aromatic rings. The zero-order chi connectivity index (χ0) is 21.1. The van der Waals surface area contributed by atoms with Crippen molar-refractivity contribution in [2.75, 3.05) is 33.3 Å². The Morgan fingerprint density at radius 1 is 1.20 bits per heavy atom. The van der Waals surface area contributed by atoms with E-state index in [9.17, 15) is 8.42 Å². The Morgan fingerprint density at radius 2 is 2.00 bits per heavy atom. The highest BCUT2D eigenvalue weighted by molar-refractivity contribution is 14.0. The first-order valence-corrected chi connectivity index (χ1v) is 11.0. The van der Waals surface area contributed by atoms with Crippen molar-refractivity contribution in [2.45, 2.75) is 25.2 Å². The van der Waals surface area contributed by atoms with E-state index in [0.717, 1.165) is 17.7 Å². The monoisotopic (exact) mass is 547 g/mol. The van der Waals surface area contributed by atoms with Gasteiger partial charge in [0.05, 0.1) is 13.7 Å². The Kier molecular flexibility index (Phi) is 11.7. The second-order valence-corrected chi connectivity index (χ2v) is 8.09. The van der Waals surface area contributed by atoms with E-state index in [1.165, 1.54) is 24.0 Å². The van der Waals surface area contributed by atoms with Crippen LogP contribution in [0.3, 0.4) is 0 Å². The smallest absolute Gasteiger partial charge is 0.242 e. The third kappa shape index (κ3) is 8.44. The molecule has 0 atom stereocenters. The van der Waals surface area contributed by atoms with E-state index in [-0.39, 0.29) is 35.4 Å². The van der Waals surface area contributed by atoms with Gasteiger partial charge in [-0.25, -0.2) is 13.1 Å². The van der Waals surface area contributed by atoms with Crippen molar-refractivity contribution in [3.8, 4) is 5.75 Å². The SMILES string of the molecule is CCNC(=NCCNS(=O)(=O)c1cccnc1)NCCc1ccc(C)c(OC)c1.I. The van der Waals surface area contributed by atoms with Gasteiger partial charge in [-0.05, 0) is 49.6 Å². The minimum atomic E-state index is -3.57. The van der Waals surface area contributed by atoms with Gasteiger partial charge in [-0.1, -0.05) is 12.1 Å². The number of benzene rings is 1. The van der Waals surface area contributed by atoms with Crippen molar-refractivity contribution < 1.29 is 13.2 Å². The molecule has 0 saturated heterocycles. The summed E-state index contributed by atoms with van der Waals surface area (Å²) in [6.45, 7) is 5.91. The number of aliphatic imine (C=N–C) groups is 1. The fourth-order valence-electron chi connectivity index (χ4n) is 2.62. The summed E-state index contributed by atoms with van der Waals surface area (Å²) in [4.78, 5) is 8.39. The number of rotatable bonds is 10. The van der Waals surface area contributed by atoms with Crippen LogP contribution in [-0.4, -0.2) is 52.7 Å². The summed E-state index contributed by atoms with van der Waals surface area (Å²) in [7, 11) is -1.90. The zero-order valence-electron chi connectivity index (χ0n) is 17.5. The van der Waals surface area contributed by atoms with Gasteiger partial charge >= 0.3 is 0 Å². The summed E-state index contributed by atoms with van der Waals surface area (Å²) < 4.78 is 32.2. The molecule has 0 unspecified atom stereocenters. The number of nitrogens with zero attached hydrogens (tertiary/aromatic N) is 2. The Balaban J connectivity index is 0.00000450. The molecule has 1 heterocycles. The second kappa shape index (κ2) is 13.4. The highest BCUT2D eigenvalue weighted by Crippen LogP contribution is 2.18. The first-order valence-electron chi connectivity index (χ1n) is 9.51. The van der Waals surface area contributed by atoms with Gasteiger partial charge in [-0.15, -0.1) is 24.0 Å². The summed E-state index contributed by atoms with van der Waals surface area (Å²) in [5, 5.41) is 6.42. The van der Waals surface area contributed by atoms with Crippen molar-refractivity contribution in [3.63, 3.8) is 0 Å². The Bertz CT molecular complexity index is 908. The lowest BCUT2D eigenvalue weighted by molar-refractivity contribution is 0.411. The molecule has 30 heavy (non-hydrogen) atoms. The van der Waals surface area contributed by atoms with Gasteiger partial charge in [0.1, 0.15) is 10.6 Å². The summed E-state index contributed by atoms with van der Waals surface area (Å²) in [5.74, 6) is 1.52. The number of aryl methyl sites for hydroxylation is 1. The van der Waals surface area contributed by atoms with E-state index in [1.54, 1.807) is 13.2 Å². The maximum atomic E-state index is 12.2. The fourth-order valence-corrected chi connectivity index (χ4v) is 3.61. The minimum Gasteiger partial charge on any atom is -0.496 e. The Labute approximate surface area is 196 Å². The largest absolute Gasteiger partial charge is 0.496 e. The molecule has 166 valence electrons. The standard InChI is InChI=1S/C20H29N5O3S.HI/c1-4-22-20(23-11-9-17-8-7-16(2)19(14-17)28-3)24-12-13-25-29(26,27)18-6-5-10-21-15-18;/h5-8,10,14-15,25H,4,9,11-13H2,1-3H3,(H2,22,23,24);1H. The molecule has 1 aromatic carbocycles. The van der Waals surface area contributed by atoms with E-state index in [0.29, 0.717) is 25.6 Å². The lowest BCUT2D eigenvalue weighted by Crippen LogP contribution is -2.39. The molecule has 10 heteroatoms. The van der Waals surface area contributed by atoms with Crippen LogP contribution in [0.1, 0.15) is 18.1 Å². The van der Waals surface area contributed by atoms with Crippen LogP contribution in [-0.2, 0) is 16.4 Å². The summed E-state index contributed by atoms with van der Waals surface area (Å²) in [5.41, 5.74) is 2.27. The molecule has 2 rings (SSSR count). The minimum absolute atomic E-state index is 0. The van der Waals surface area contributed by atoms with Crippen LogP contribution < -0.4 is 20.1 Å². The van der Waals surface area contributed by atoms with Gasteiger partial charge in [0.15, 0.2) is 5.96 Å². The lowest BCUT2D eigenvalue weighted by atomic mass is 10.1. The first-order chi connectivity index (χ1) is 14.0. The molecule has 1 aromatic heterocycles. The van der Waals surface area contributed by atoms with Gasteiger partial charge in [0.25, 0.3) is 0 Å². The van der Waals surface area contributed by atoms with Gasteiger partial charge < -0.3 is 15.4 Å². The highest BCUT2D eigenvalue weighted by atomic mass is 127. The van der Waals surface area contributed by atoms with E-state index >= 15 is 0 Å². The highest BCUT2D eigenvalue weighted by Gasteiger charge is 2.12. The van der Waals surface area contributed by atoms with Crippen molar-refractivity contribution in [3.05, 3.63) is 53.9 Å². The maximum Gasteiger partial charge on any atom is 0.242 e. The number of aromatic nitrogens is 1. The molecule has 0 aliphatic rings. The zero-order valence-corrected chi connectivity index (χ0v) is 20.7. The first kappa shape index (κ1) is 26.1. The normalized spacial score (nSPS) is 11.5. The van der Waals surface area contributed by atoms with Crippen LogP contribution in [0.5, 0.6) is 5.75 Å². The lowest BCUT2D eigenvalue weighted by Gasteiger charge is -2.12. The third-order valence-corrected chi connectivity index (χ3v) is 5.59. The number of sulfonamides is 1. The van der Waals surface area contributed by atoms with E-state index in [4.69, 9.17) is 4.74 Å². The summed E-state index contributed by atoms with van der Waals surface area (Å²) >= 11 is 0. The van der Waals surface area contributed by atoms with Gasteiger partial charge in [-0.3, -0.25) is 9.98 Å². The van der Waals surface area contributed by atoms with Crippen LogP contribution in [0, 0.1) is 6.92 Å². The fraction of sp³-hybridized carbons (Fsp3) is 0.400. The van der Waals surface area contributed by atoms with Crippen LogP contribution in [0.15, 0.2) is 52.6 Å². The van der Waals surface area contributed by atoms with Gasteiger partial charge in [0.2, 0.25) is 10.0 Å². The van der Waals surface area contributed by atoms with Crippen LogP contribution in [0.25, 0.3) is 0 Å². The third-order valence-electron chi connectivity index (χ3n) is 4.14. The van der Waals surface area contributed by atoms with Gasteiger partial charge in [-0.2, -0.15) is 0 Å². The molecular weight excluding hydrogens is 517 g/mol. The number of hydrogen-bond acceptors (Lipinski definition) is 5. The van der Waals surface area contributed by atoms with E-state index in [1.807, 2.05) is 26.0 Å². The number of guanidine groups is 1.